The molecule has 2 heterocycles. The third kappa shape index (κ3) is 6.25. The van der Waals surface area contributed by atoms with Crippen LogP contribution in [0.25, 0.3) is 5.88 Å². The van der Waals surface area contributed by atoms with E-state index in [0.29, 0.717) is 17.9 Å². The Labute approximate surface area is 224 Å². The normalized spacial score (nSPS) is 36.7. The Hall–Kier alpha value is -2.81. The van der Waals surface area contributed by atoms with E-state index >= 15 is 4.39 Å². The van der Waals surface area contributed by atoms with Crippen molar-refractivity contribution in [1.82, 2.24) is 9.55 Å². The average molecular weight is 533 g/mol. The molecule has 1 aromatic rings. The molecule has 9 heteroatoms. The van der Waals surface area contributed by atoms with Gasteiger partial charge in [0.2, 0.25) is 0 Å². The van der Waals surface area contributed by atoms with Crippen LogP contribution in [0.1, 0.15) is 80.6 Å². The van der Waals surface area contributed by atoms with Crippen molar-refractivity contribution in [3.05, 3.63) is 35.9 Å². The molecule has 1 saturated carbocycles. The van der Waals surface area contributed by atoms with E-state index < -0.39 is 46.6 Å². The van der Waals surface area contributed by atoms with Crippen LogP contribution in [0.15, 0.2) is 35.9 Å². The Morgan fingerprint density at radius 1 is 1.16 bits per heavy atom. The molecule has 0 saturated heterocycles. The number of hydrogen-bond donors (Lipinski definition) is 0. The molecule has 0 unspecified atom stereocenters. The fourth-order valence-electron chi connectivity index (χ4n) is 5.39. The van der Waals surface area contributed by atoms with E-state index in [-0.39, 0.29) is 18.6 Å². The van der Waals surface area contributed by atoms with E-state index in [1.807, 2.05) is 6.92 Å². The van der Waals surface area contributed by atoms with Crippen molar-refractivity contribution in [1.29, 1.82) is 0 Å². The Bertz CT molecular complexity index is 1120. The van der Waals surface area contributed by atoms with Crippen molar-refractivity contribution in [2.24, 2.45) is 11.8 Å². The molecule has 0 amide bonds. The number of alkyl halides is 1. The number of Topliss-reactive ketones (excluding diaryl/α,β-unsaturated/α-hetero) is 2. The fraction of sp³-hybridized carbons (Fsp3) is 0.655. The maximum Gasteiger partial charge on any atom is 0.351 e. The summed E-state index contributed by atoms with van der Waals surface area (Å²) < 4.78 is 35.5. The summed E-state index contributed by atoms with van der Waals surface area (Å²) in [7, 11) is 1.50. The molecule has 1 aliphatic carbocycles. The van der Waals surface area contributed by atoms with E-state index in [4.69, 9.17) is 14.2 Å². The van der Waals surface area contributed by atoms with Crippen LogP contribution in [0.4, 0.5) is 4.39 Å². The Balaban J connectivity index is 2.14. The van der Waals surface area contributed by atoms with Gasteiger partial charge in [-0.15, -0.1) is 0 Å². The highest BCUT2D eigenvalue weighted by Crippen LogP contribution is 2.40. The minimum absolute atomic E-state index is 0.112. The quantitative estimate of drug-likeness (QED) is 0.291. The molecular formula is C29H41FN2O6. The average Bonchev–Trinajstić information content (AvgIpc) is 3.56. The maximum atomic E-state index is 15.8. The van der Waals surface area contributed by atoms with E-state index in [9.17, 15) is 14.4 Å². The lowest BCUT2D eigenvalue weighted by molar-refractivity contribution is -0.176. The first-order chi connectivity index (χ1) is 17.7. The number of halogens is 1. The monoisotopic (exact) mass is 532 g/mol. The summed E-state index contributed by atoms with van der Waals surface area (Å²) in [6.45, 7) is 11.3. The van der Waals surface area contributed by atoms with E-state index in [1.165, 1.54) is 7.11 Å². The van der Waals surface area contributed by atoms with Gasteiger partial charge in [-0.2, -0.15) is 0 Å². The Kier molecular flexibility index (Phi) is 8.71. The van der Waals surface area contributed by atoms with Gasteiger partial charge in [-0.3, -0.25) is 14.2 Å². The summed E-state index contributed by atoms with van der Waals surface area (Å²) in [5.41, 5.74) is -3.62. The van der Waals surface area contributed by atoms with Gasteiger partial charge in [-0.25, -0.2) is 14.2 Å². The van der Waals surface area contributed by atoms with Gasteiger partial charge in [0.05, 0.1) is 5.60 Å². The Morgan fingerprint density at radius 3 is 2.32 bits per heavy atom. The van der Waals surface area contributed by atoms with Crippen molar-refractivity contribution < 1.29 is 33.0 Å². The van der Waals surface area contributed by atoms with Gasteiger partial charge in [0, 0.05) is 31.3 Å². The van der Waals surface area contributed by atoms with Gasteiger partial charge in [0.15, 0.2) is 23.1 Å². The first kappa shape index (κ1) is 29.7. The molecule has 1 aliphatic heterocycles. The third-order valence-corrected chi connectivity index (χ3v) is 7.72. The molecule has 0 aromatic carbocycles. The fourth-order valence-corrected chi connectivity index (χ4v) is 5.39. The second-order valence-electron chi connectivity index (χ2n) is 11.4. The highest BCUT2D eigenvalue weighted by Gasteiger charge is 2.50. The number of nitrogens with zero attached hydrogens (tertiary/aromatic N) is 2. The number of imidazole rings is 1. The molecule has 3 rings (SSSR count). The molecule has 0 spiro atoms. The summed E-state index contributed by atoms with van der Waals surface area (Å²) >= 11 is 0. The van der Waals surface area contributed by atoms with Gasteiger partial charge in [0.1, 0.15) is 12.4 Å². The minimum Gasteiger partial charge on any atom is -0.464 e. The minimum atomic E-state index is -2.87. The van der Waals surface area contributed by atoms with E-state index in [2.05, 4.69) is 4.98 Å². The van der Waals surface area contributed by atoms with Crippen LogP contribution in [-0.4, -0.2) is 57.2 Å². The zero-order valence-corrected chi connectivity index (χ0v) is 23.8. The molecule has 1 aromatic heterocycles. The van der Waals surface area contributed by atoms with Crippen LogP contribution in [0.3, 0.4) is 0 Å². The summed E-state index contributed by atoms with van der Waals surface area (Å²) in [6, 6.07) is 0. The summed E-state index contributed by atoms with van der Waals surface area (Å²) in [5, 5.41) is 0. The summed E-state index contributed by atoms with van der Waals surface area (Å²) in [5.74, 6) is -3.03. The van der Waals surface area contributed by atoms with Gasteiger partial charge < -0.3 is 14.2 Å². The number of rotatable bonds is 5. The van der Waals surface area contributed by atoms with Crippen LogP contribution in [0.5, 0.6) is 0 Å². The van der Waals surface area contributed by atoms with E-state index in [1.54, 1.807) is 64.0 Å². The lowest BCUT2D eigenvalue weighted by Crippen LogP contribution is -2.51. The molecule has 6 atom stereocenters. The predicted molar refractivity (Wildman–Crippen MR) is 141 cm³/mol. The van der Waals surface area contributed by atoms with Crippen LogP contribution in [-0.2, 0) is 28.6 Å². The largest absolute Gasteiger partial charge is 0.464 e. The second-order valence-corrected chi connectivity index (χ2v) is 11.4. The van der Waals surface area contributed by atoms with Crippen LogP contribution >= 0.6 is 0 Å². The maximum absolute atomic E-state index is 15.8. The van der Waals surface area contributed by atoms with Crippen LogP contribution in [0, 0.1) is 11.8 Å². The number of methoxy groups -OCH3 is 1. The molecule has 2 aliphatic rings. The van der Waals surface area contributed by atoms with E-state index in [0.717, 1.165) is 25.3 Å². The van der Waals surface area contributed by atoms with Crippen molar-refractivity contribution in [2.45, 2.75) is 104 Å². The number of allylic oxidation sites excluding steroid dienone is 2. The van der Waals surface area contributed by atoms with Crippen LogP contribution in [0.2, 0.25) is 0 Å². The molecule has 1 fully saturated rings. The molecule has 0 N–H and O–H groups in total. The Morgan fingerprint density at radius 2 is 1.79 bits per heavy atom. The topological polar surface area (TPSA) is 96.7 Å². The number of ketones is 2. The van der Waals surface area contributed by atoms with Gasteiger partial charge >= 0.3 is 5.97 Å². The number of carbonyl (C=O) groups is 3. The lowest BCUT2D eigenvalue weighted by Gasteiger charge is -2.38. The third-order valence-electron chi connectivity index (χ3n) is 7.72. The highest BCUT2D eigenvalue weighted by molar-refractivity contribution is 6.07. The van der Waals surface area contributed by atoms with Gasteiger partial charge in [-0.05, 0) is 77.0 Å². The van der Waals surface area contributed by atoms with Crippen molar-refractivity contribution in [3.63, 3.8) is 0 Å². The highest BCUT2D eigenvalue weighted by atomic mass is 19.1. The first-order valence-electron chi connectivity index (χ1n) is 13.3. The van der Waals surface area contributed by atoms with Gasteiger partial charge in [0.25, 0.3) is 5.67 Å². The second kappa shape index (κ2) is 11.1. The summed E-state index contributed by atoms with van der Waals surface area (Å²) in [4.78, 5) is 44.0. The molecule has 210 valence electrons. The van der Waals surface area contributed by atoms with Crippen molar-refractivity contribution in [3.8, 4) is 0 Å². The standard InChI is InChI=1S/C29H41FN2O6/c1-9-22-28(6,38-25(21-10-11-21)32-13-12-31-17-32)16-19(3)23(33)18(2)14-27(5,36-8)15-20(4)24(34)29(7,30)26(35)37-22/h12-13,16-18,20,22H,9-11,14-15H2,1-8H3/b19-16+/t18-,20-,22-,27-,28+,29+/m1/s1. The smallest absolute Gasteiger partial charge is 0.351 e. The SMILES string of the molecule is CC[C@H]1OC(=O)[C@@](C)(F)C(=O)[C@H](C)C[C@](C)(OC)C[C@@H](C)C(=O)/C(C)=C/[C@]1(C)OC(=C1CC1)n1ccnc1. The van der Waals surface area contributed by atoms with Gasteiger partial charge in [-0.1, -0.05) is 20.8 Å². The first-order valence-corrected chi connectivity index (χ1v) is 13.3. The predicted octanol–water partition coefficient (Wildman–Crippen LogP) is 5.23. The number of cyclic esters (lactones) is 1. The number of carbonyl (C=O) groups excluding carboxylic acids is 3. The van der Waals surface area contributed by atoms with Crippen molar-refractivity contribution in [2.75, 3.05) is 7.11 Å². The van der Waals surface area contributed by atoms with Crippen LogP contribution < -0.4 is 0 Å². The number of esters is 1. The molecule has 0 radical (unpaired) electrons. The molecule has 38 heavy (non-hydrogen) atoms. The number of ether oxygens (including phenoxy) is 3. The lowest BCUT2D eigenvalue weighted by atomic mass is 9.78. The zero-order chi connectivity index (χ0) is 28.5. The number of aromatic nitrogens is 2. The molecule has 0 bridgehead atoms. The molecular weight excluding hydrogens is 491 g/mol. The number of hydrogen-bond acceptors (Lipinski definition) is 7. The molecule has 8 nitrogen and oxygen atoms in total. The zero-order valence-electron chi connectivity index (χ0n) is 23.8. The van der Waals surface area contributed by atoms with Crippen molar-refractivity contribution >= 4 is 23.4 Å². The summed E-state index contributed by atoms with van der Waals surface area (Å²) in [6.07, 6.45) is 8.03.